The van der Waals surface area contributed by atoms with Crippen molar-refractivity contribution in [1.29, 1.82) is 5.26 Å². The standard InChI is InChI=1S/C14H15NO6/c15-9-14(11-5-2-1-3-6-11)18-13(20-21-14)8-4-7-12-16-10-17-19-12/h1-3,5-6,12-13H,4,7-8,10H2. The van der Waals surface area contributed by atoms with Crippen LogP contribution in [0.2, 0.25) is 0 Å². The van der Waals surface area contributed by atoms with Crippen molar-refractivity contribution in [1.82, 2.24) is 0 Å². The molecule has 2 aliphatic rings. The van der Waals surface area contributed by atoms with Crippen molar-refractivity contribution in [3.05, 3.63) is 35.9 Å². The highest BCUT2D eigenvalue weighted by molar-refractivity contribution is 5.26. The van der Waals surface area contributed by atoms with E-state index in [9.17, 15) is 5.26 Å². The first kappa shape index (κ1) is 14.4. The number of rotatable bonds is 5. The summed E-state index contributed by atoms with van der Waals surface area (Å²) in [5, 5.41) is 9.35. The fourth-order valence-electron chi connectivity index (χ4n) is 2.15. The topological polar surface area (TPSA) is 79.2 Å². The van der Waals surface area contributed by atoms with Gasteiger partial charge >= 0.3 is 5.79 Å². The number of ether oxygens (including phenoxy) is 2. The molecule has 1 aromatic carbocycles. The molecule has 0 radical (unpaired) electrons. The molecule has 2 heterocycles. The molecular formula is C14H15NO6. The van der Waals surface area contributed by atoms with Crippen LogP contribution in [0.5, 0.6) is 0 Å². The Morgan fingerprint density at radius 2 is 1.95 bits per heavy atom. The van der Waals surface area contributed by atoms with Gasteiger partial charge in [0.05, 0.1) is 0 Å². The molecule has 0 bridgehead atoms. The van der Waals surface area contributed by atoms with E-state index in [0.717, 1.165) is 6.42 Å². The minimum Gasteiger partial charge on any atom is -0.320 e. The minimum atomic E-state index is -1.50. The van der Waals surface area contributed by atoms with Crippen LogP contribution in [-0.4, -0.2) is 19.4 Å². The van der Waals surface area contributed by atoms with Gasteiger partial charge in [-0.05, 0) is 6.42 Å². The van der Waals surface area contributed by atoms with Crippen molar-refractivity contribution in [3.8, 4) is 6.07 Å². The molecule has 0 aliphatic carbocycles. The number of hydrogen-bond acceptors (Lipinski definition) is 7. The zero-order valence-electron chi connectivity index (χ0n) is 11.3. The lowest BCUT2D eigenvalue weighted by Gasteiger charge is -2.16. The second kappa shape index (κ2) is 6.49. The van der Waals surface area contributed by atoms with Crippen molar-refractivity contribution in [2.24, 2.45) is 0 Å². The molecule has 7 heteroatoms. The van der Waals surface area contributed by atoms with Gasteiger partial charge in [-0.3, -0.25) is 4.74 Å². The summed E-state index contributed by atoms with van der Waals surface area (Å²) in [5.41, 5.74) is 0.603. The molecular weight excluding hydrogens is 278 g/mol. The Labute approximate surface area is 121 Å². The number of nitriles is 1. The van der Waals surface area contributed by atoms with Gasteiger partial charge in [-0.15, -0.1) is 0 Å². The summed E-state index contributed by atoms with van der Waals surface area (Å²) >= 11 is 0. The molecule has 0 amide bonds. The quantitative estimate of drug-likeness (QED) is 0.769. The van der Waals surface area contributed by atoms with E-state index in [1.165, 1.54) is 0 Å². The van der Waals surface area contributed by atoms with Gasteiger partial charge in [0.25, 0.3) is 0 Å². The van der Waals surface area contributed by atoms with Gasteiger partial charge < -0.3 is 4.74 Å². The highest BCUT2D eigenvalue weighted by atomic mass is 17.3. The highest BCUT2D eigenvalue weighted by Gasteiger charge is 2.45. The molecule has 112 valence electrons. The first-order valence-electron chi connectivity index (χ1n) is 6.71. The third-order valence-electron chi connectivity index (χ3n) is 3.23. The Bertz CT molecular complexity index is 498. The van der Waals surface area contributed by atoms with E-state index in [1.54, 1.807) is 12.1 Å². The van der Waals surface area contributed by atoms with Gasteiger partial charge in [0.1, 0.15) is 6.07 Å². The van der Waals surface area contributed by atoms with Crippen LogP contribution in [0.4, 0.5) is 0 Å². The molecule has 2 fully saturated rings. The van der Waals surface area contributed by atoms with Crippen LogP contribution in [0.3, 0.4) is 0 Å². The lowest BCUT2D eigenvalue weighted by Crippen LogP contribution is -2.26. The van der Waals surface area contributed by atoms with E-state index in [1.807, 2.05) is 24.3 Å². The van der Waals surface area contributed by atoms with Crippen molar-refractivity contribution in [2.45, 2.75) is 37.6 Å². The van der Waals surface area contributed by atoms with Crippen LogP contribution in [0, 0.1) is 11.3 Å². The fraction of sp³-hybridized carbons (Fsp3) is 0.500. The molecule has 0 aromatic heterocycles. The molecule has 2 saturated heterocycles. The smallest absolute Gasteiger partial charge is 0.318 e. The van der Waals surface area contributed by atoms with E-state index in [-0.39, 0.29) is 13.1 Å². The van der Waals surface area contributed by atoms with E-state index in [2.05, 4.69) is 4.89 Å². The third kappa shape index (κ3) is 3.22. The number of benzene rings is 1. The van der Waals surface area contributed by atoms with Crippen LogP contribution in [-0.2, 0) is 34.8 Å². The van der Waals surface area contributed by atoms with Crippen LogP contribution in [0.15, 0.2) is 30.3 Å². The van der Waals surface area contributed by atoms with Gasteiger partial charge in [-0.25, -0.2) is 9.78 Å². The summed E-state index contributed by atoms with van der Waals surface area (Å²) in [6, 6.07) is 11.0. The normalized spacial score (nSPS) is 32.1. The molecule has 2 aliphatic heterocycles. The maximum Gasteiger partial charge on any atom is 0.318 e. The molecule has 1 aromatic rings. The van der Waals surface area contributed by atoms with Crippen molar-refractivity contribution < 1.29 is 29.0 Å². The lowest BCUT2D eigenvalue weighted by molar-refractivity contribution is -0.320. The number of hydrogen-bond donors (Lipinski definition) is 0. The van der Waals surface area contributed by atoms with E-state index in [4.69, 9.17) is 24.1 Å². The summed E-state index contributed by atoms with van der Waals surface area (Å²) in [6.45, 7) is 0.149. The van der Waals surface area contributed by atoms with E-state index < -0.39 is 12.1 Å². The molecule has 21 heavy (non-hydrogen) atoms. The second-order valence-electron chi connectivity index (χ2n) is 4.68. The predicted octanol–water partition coefficient (Wildman–Crippen LogP) is 2.10. The summed E-state index contributed by atoms with van der Waals surface area (Å²) in [7, 11) is 0. The highest BCUT2D eigenvalue weighted by Crippen LogP contribution is 2.36. The van der Waals surface area contributed by atoms with Gasteiger partial charge in [0.2, 0.25) is 0 Å². The van der Waals surface area contributed by atoms with Crippen LogP contribution >= 0.6 is 0 Å². The van der Waals surface area contributed by atoms with Gasteiger partial charge in [0, 0.05) is 18.4 Å². The average molecular weight is 293 g/mol. The second-order valence-corrected chi connectivity index (χ2v) is 4.68. The first-order valence-corrected chi connectivity index (χ1v) is 6.71. The molecule has 3 unspecified atom stereocenters. The Balaban J connectivity index is 1.53. The van der Waals surface area contributed by atoms with Crippen molar-refractivity contribution in [2.75, 3.05) is 6.79 Å². The molecule has 0 spiro atoms. The fourth-order valence-corrected chi connectivity index (χ4v) is 2.15. The Morgan fingerprint density at radius 3 is 2.67 bits per heavy atom. The van der Waals surface area contributed by atoms with Gasteiger partial charge in [-0.1, -0.05) is 30.3 Å². The first-order chi connectivity index (χ1) is 10.3. The monoisotopic (exact) mass is 293 g/mol. The number of nitrogens with zero attached hydrogens (tertiary/aromatic N) is 1. The summed E-state index contributed by atoms with van der Waals surface area (Å²) in [5.74, 6) is -1.50. The predicted molar refractivity (Wildman–Crippen MR) is 66.5 cm³/mol. The van der Waals surface area contributed by atoms with E-state index >= 15 is 0 Å². The molecule has 0 N–H and O–H groups in total. The maximum atomic E-state index is 9.35. The van der Waals surface area contributed by atoms with Crippen LogP contribution in [0.25, 0.3) is 0 Å². The van der Waals surface area contributed by atoms with Crippen molar-refractivity contribution in [3.63, 3.8) is 0 Å². The van der Waals surface area contributed by atoms with Crippen LogP contribution in [0.1, 0.15) is 24.8 Å². The summed E-state index contributed by atoms with van der Waals surface area (Å²) in [6.07, 6.45) is 0.959. The minimum absolute atomic E-state index is 0.149. The molecule has 3 rings (SSSR count). The maximum absolute atomic E-state index is 9.35. The SMILES string of the molecule is N#CC1(c2ccccc2)OOC(CCCC2OCOO2)O1. The third-order valence-corrected chi connectivity index (χ3v) is 3.23. The molecule has 0 saturated carbocycles. The van der Waals surface area contributed by atoms with Crippen molar-refractivity contribution >= 4 is 0 Å². The zero-order chi connectivity index (χ0) is 14.5. The Kier molecular flexibility index (Phi) is 4.45. The van der Waals surface area contributed by atoms with Crippen LogP contribution < -0.4 is 0 Å². The Hall–Kier alpha value is -1.53. The average Bonchev–Trinajstić information content (AvgIpc) is 3.19. The van der Waals surface area contributed by atoms with Gasteiger partial charge in [0.15, 0.2) is 19.4 Å². The van der Waals surface area contributed by atoms with E-state index in [0.29, 0.717) is 18.4 Å². The zero-order valence-corrected chi connectivity index (χ0v) is 11.3. The largest absolute Gasteiger partial charge is 0.320 e. The Morgan fingerprint density at radius 1 is 1.14 bits per heavy atom. The summed E-state index contributed by atoms with van der Waals surface area (Å²) in [4.78, 5) is 19.8. The molecule has 7 nitrogen and oxygen atoms in total. The molecule has 3 atom stereocenters. The summed E-state index contributed by atoms with van der Waals surface area (Å²) < 4.78 is 10.8. The lowest BCUT2D eigenvalue weighted by atomic mass is 10.1. The van der Waals surface area contributed by atoms with Gasteiger partial charge in [-0.2, -0.15) is 15.0 Å².